The van der Waals surface area contributed by atoms with Crippen LogP contribution in [-0.4, -0.2) is 6.04 Å². The molecule has 0 saturated carbocycles. The summed E-state index contributed by atoms with van der Waals surface area (Å²) in [5.41, 5.74) is 8.80. The molecule has 2 rings (SSSR count). The highest BCUT2D eigenvalue weighted by Crippen LogP contribution is 2.24. The van der Waals surface area contributed by atoms with Gasteiger partial charge in [0, 0.05) is 12.0 Å². The number of halogens is 1. The van der Waals surface area contributed by atoms with Crippen LogP contribution in [0, 0.1) is 17.1 Å². The van der Waals surface area contributed by atoms with E-state index in [1.54, 1.807) is 18.2 Å². The van der Waals surface area contributed by atoms with E-state index in [9.17, 15) is 4.39 Å². The molecule has 0 spiro atoms. The first kappa shape index (κ1) is 14.2. The first-order valence-electron chi connectivity index (χ1n) is 6.60. The lowest BCUT2D eigenvalue weighted by Crippen LogP contribution is -2.26. The second kappa shape index (κ2) is 6.31. The Balaban J connectivity index is 2.27. The van der Waals surface area contributed by atoms with Gasteiger partial charge in [-0.1, -0.05) is 24.3 Å². The molecular weight excluding hydrogens is 251 g/mol. The molecule has 2 atom stereocenters. The van der Waals surface area contributed by atoms with Gasteiger partial charge in [0.15, 0.2) is 0 Å². The van der Waals surface area contributed by atoms with Gasteiger partial charge in [-0.25, -0.2) is 4.39 Å². The second-order valence-electron chi connectivity index (χ2n) is 5.03. The SMILES string of the molecule is CC(N)C(Cc1ccc(F)cc1)c1cccc(C#N)c1. The van der Waals surface area contributed by atoms with Crippen LogP contribution in [0.3, 0.4) is 0 Å². The molecule has 20 heavy (non-hydrogen) atoms. The summed E-state index contributed by atoms with van der Waals surface area (Å²) in [5.74, 6) is -0.133. The van der Waals surface area contributed by atoms with Crippen molar-refractivity contribution >= 4 is 0 Å². The molecule has 0 heterocycles. The summed E-state index contributed by atoms with van der Waals surface area (Å²) < 4.78 is 12.9. The van der Waals surface area contributed by atoms with Gasteiger partial charge in [-0.2, -0.15) is 5.26 Å². The van der Waals surface area contributed by atoms with E-state index < -0.39 is 0 Å². The minimum atomic E-state index is -0.238. The summed E-state index contributed by atoms with van der Waals surface area (Å²) >= 11 is 0. The Labute approximate surface area is 118 Å². The first-order valence-corrected chi connectivity index (χ1v) is 6.60. The number of hydrogen-bond acceptors (Lipinski definition) is 2. The third kappa shape index (κ3) is 3.43. The second-order valence-corrected chi connectivity index (χ2v) is 5.03. The summed E-state index contributed by atoms with van der Waals surface area (Å²) in [6.45, 7) is 1.95. The highest BCUT2D eigenvalue weighted by Gasteiger charge is 2.17. The van der Waals surface area contributed by atoms with Crippen molar-refractivity contribution in [3.05, 3.63) is 71.0 Å². The van der Waals surface area contributed by atoms with Crippen molar-refractivity contribution in [2.75, 3.05) is 0 Å². The van der Waals surface area contributed by atoms with Crippen LogP contribution in [0.1, 0.15) is 29.5 Å². The van der Waals surface area contributed by atoms with Crippen LogP contribution in [0.15, 0.2) is 48.5 Å². The molecule has 102 valence electrons. The van der Waals surface area contributed by atoms with E-state index in [4.69, 9.17) is 11.0 Å². The van der Waals surface area contributed by atoms with Crippen molar-refractivity contribution in [1.82, 2.24) is 0 Å². The normalized spacial score (nSPS) is 13.5. The van der Waals surface area contributed by atoms with E-state index >= 15 is 0 Å². The molecule has 2 unspecified atom stereocenters. The fourth-order valence-corrected chi connectivity index (χ4v) is 2.32. The minimum absolute atomic E-state index is 0.0472. The van der Waals surface area contributed by atoms with Crippen LogP contribution in [0.25, 0.3) is 0 Å². The average Bonchev–Trinajstić information content (AvgIpc) is 2.46. The third-order valence-electron chi connectivity index (χ3n) is 3.45. The molecule has 0 aliphatic carbocycles. The van der Waals surface area contributed by atoms with Gasteiger partial charge in [-0.05, 0) is 48.7 Å². The Kier molecular flexibility index (Phi) is 4.49. The molecule has 3 heteroatoms. The van der Waals surface area contributed by atoms with Crippen molar-refractivity contribution in [3.63, 3.8) is 0 Å². The molecule has 0 aliphatic rings. The van der Waals surface area contributed by atoms with Crippen LogP contribution >= 0.6 is 0 Å². The molecule has 0 fully saturated rings. The zero-order valence-corrected chi connectivity index (χ0v) is 11.4. The molecule has 2 nitrogen and oxygen atoms in total. The summed E-state index contributed by atoms with van der Waals surface area (Å²) in [6.07, 6.45) is 0.729. The summed E-state index contributed by atoms with van der Waals surface area (Å²) in [7, 11) is 0. The molecule has 0 aliphatic heterocycles. The average molecular weight is 268 g/mol. The molecule has 2 aromatic rings. The number of benzene rings is 2. The Morgan fingerprint density at radius 2 is 1.90 bits per heavy atom. The molecule has 2 N–H and O–H groups in total. The van der Waals surface area contributed by atoms with E-state index in [-0.39, 0.29) is 17.8 Å². The Morgan fingerprint density at radius 3 is 2.50 bits per heavy atom. The van der Waals surface area contributed by atoms with Gasteiger partial charge >= 0.3 is 0 Å². The standard InChI is InChI=1S/C17H17FN2/c1-12(20)17(10-13-5-7-16(18)8-6-13)15-4-2-3-14(9-15)11-19/h2-9,12,17H,10,20H2,1H3. The van der Waals surface area contributed by atoms with Gasteiger partial charge in [0.1, 0.15) is 5.82 Å². The highest BCUT2D eigenvalue weighted by atomic mass is 19.1. The van der Waals surface area contributed by atoms with E-state index in [1.807, 2.05) is 25.1 Å². The molecule has 2 aromatic carbocycles. The number of nitrogens with zero attached hydrogens (tertiary/aromatic N) is 1. The van der Waals surface area contributed by atoms with E-state index in [1.165, 1.54) is 12.1 Å². The van der Waals surface area contributed by atoms with E-state index in [0.29, 0.717) is 5.56 Å². The fourth-order valence-electron chi connectivity index (χ4n) is 2.32. The van der Waals surface area contributed by atoms with Gasteiger partial charge in [-0.15, -0.1) is 0 Å². The minimum Gasteiger partial charge on any atom is -0.327 e. The molecule has 0 bridgehead atoms. The van der Waals surface area contributed by atoms with Crippen LogP contribution in [0.5, 0.6) is 0 Å². The maximum atomic E-state index is 12.9. The summed E-state index contributed by atoms with van der Waals surface area (Å²) in [6, 6.07) is 16.1. The number of hydrogen-bond donors (Lipinski definition) is 1. The van der Waals surface area contributed by atoms with Crippen LogP contribution in [0.4, 0.5) is 4.39 Å². The van der Waals surface area contributed by atoms with Gasteiger partial charge in [0.2, 0.25) is 0 Å². The molecule has 0 aromatic heterocycles. The number of nitrogens with two attached hydrogens (primary N) is 1. The summed E-state index contributed by atoms with van der Waals surface area (Å²) in [5, 5.41) is 8.98. The number of nitriles is 1. The predicted octanol–water partition coefficient (Wildman–Crippen LogP) is 3.37. The van der Waals surface area contributed by atoms with Gasteiger partial charge in [0.25, 0.3) is 0 Å². The molecule has 0 saturated heterocycles. The maximum absolute atomic E-state index is 12.9. The Bertz CT molecular complexity index is 612. The van der Waals surface area contributed by atoms with Crippen molar-refractivity contribution in [1.29, 1.82) is 5.26 Å². The molecular formula is C17H17FN2. The van der Waals surface area contributed by atoms with E-state index in [0.717, 1.165) is 17.5 Å². The van der Waals surface area contributed by atoms with Crippen LogP contribution in [-0.2, 0) is 6.42 Å². The lowest BCUT2D eigenvalue weighted by molar-refractivity contribution is 0.563. The maximum Gasteiger partial charge on any atom is 0.123 e. The fraction of sp³-hybridized carbons (Fsp3) is 0.235. The molecule has 0 radical (unpaired) electrons. The van der Waals surface area contributed by atoms with Crippen LogP contribution < -0.4 is 5.73 Å². The monoisotopic (exact) mass is 268 g/mol. The van der Waals surface area contributed by atoms with Gasteiger partial charge in [-0.3, -0.25) is 0 Å². The van der Waals surface area contributed by atoms with E-state index in [2.05, 4.69) is 6.07 Å². The highest BCUT2D eigenvalue weighted by molar-refractivity contribution is 5.36. The zero-order chi connectivity index (χ0) is 14.5. The molecule has 0 amide bonds. The van der Waals surface area contributed by atoms with Crippen LogP contribution in [0.2, 0.25) is 0 Å². The smallest absolute Gasteiger partial charge is 0.123 e. The van der Waals surface area contributed by atoms with Crippen molar-refractivity contribution < 1.29 is 4.39 Å². The van der Waals surface area contributed by atoms with Crippen molar-refractivity contribution in [2.45, 2.75) is 25.3 Å². The Morgan fingerprint density at radius 1 is 1.20 bits per heavy atom. The quantitative estimate of drug-likeness (QED) is 0.924. The number of rotatable bonds is 4. The predicted molar refractivity (Wildman–Crippen MR) is 77.7 cm³/mol. The Hall–Kier alpha value is -2.18. The largest absolute Gasteiger partial charge is 0.327 e. The van der Waals surface area contributed by atoms with Crippen molar-refractivity contribution in [3.8, 4) is 6.07 Å². The van der Waals surface area contributed by atoms with Crippen molar-refractivity contribution in [2.24, 2.45) is 5.73 Å². The lowest BCUT2D eigenvalue weighted by Gasteiger charge is -2.21. The first-order chi connectivity index (χ1) is 9.60. The third-order valence-corrected chi connectivity index (χ3v) is 3.45. The lowest BCUT2D eigenvalue weighted by atomic mass is 9.86. The zero-order valence-electron chi connectivity index (χ0n) is 11.4. The van der Waals surface area contributed by atoms with Gasteiger partial charge in [0.05, 0.1) is 11.6 Å². The summed E-state index contributed by atoms with van der Waals surface area (Å²) in [4.78, 5) is 0. The topological polar surface area (TPSA) is 49.8 Å². The van der Waals surface area contributed by atoms with Gasteiger partial charge < -0.3 is 5.73 Å².